The van der Waals surface area contributed by atoms with Crippen LogP contribution in [-0.2, 0) is 24.8 Å². The van der Waals surface area contributed by atoms with Crippen molar-refractivity contribution in [3.05, 3.63) is 39.9 Å². The molecule has 0 bridgehead atoms. The van der Waals surface area contributed by atoms with E-state index in [1.807, 2.05) is 13.0 Å². The van der Waals surface area contributed by atoms with Gasteiger partial charge in [0.15, 0.2) is 5.65 Å². The van der Waals surface area contributed by atoms with Crippen LogP contribution in [0.4, 0.5) is 11.6 Å². The van der Waals surface area contributed by atoms with Gasteiger partial charge in [-0.3, -0.25) is 9.13 Å². The summed E-state index contributed by atoms with van der Waals surface area (Å²) in [6.45, 7) is 4.93. The topological polar surface area (TPSA) is 83.2 Å². The van der Waals surface area contributed by atoms with E-state index in [1.54, 1.807) is 22.4 Å². The van der Waals surface area contributed by atoms with Crippen LogP contribution in [0.3, 0.4) is 0 Å². The SMILES string of the molecule is Cc1cc2c(cc1Nc1ncc3c(n1)n(CC1CCOCC1)c(=O)n3C)CCO2. The number of nitrogens with zero attached hydrogens (tertiary/aromatic N) is 4. The lowest BCUT2D eigenvalue weighted by molar-refractivity contribution is 0.0612. The second-order valence-electron chi connectivity index (χ2n) is 7.91. The number of rotatable bonds is 4. The Morgan fingerprint density at radius 1 is 1.24 bits per heavy atom. The van der Waals surface area contributed by atoms with Gasteiger partial charge in [-0.1, -0.05) is 0 Å². The third-order valence-corrected chi connectivity index (χ3v) is 5.95. The molecule has 0 amide bonds. The van der Waals surface area contributed by atoms with Gasteiger partial charge in [-0.05, 0) is 48.9 Å². The van der Waals surface area contributed by atoms with Crippen LogP contribution < -0.4 is 15.7 Å². The van der Waals surface area contributed by atoms with Crippen LogP contribution in [0.2, 0.25) is 0 Å². The van der Waals surface area contributed by atoms with Crippen molar-refractivity contribution in [3.8, 4) is 5.75 Å². The molecular weight excluding hydrogens is 370 g/mol. The quantitative estimate of drug-likeness (QED) is 0.731. The number of fused-ring (bicyclic) bond motifs is 2. The van der Waals surface area contributed by atoms with Crippen LogP contribution in [-0.4, -0.2) is 38.9 Å². The average molecular weight is 395 g/mol. The molecule has 1 aromatic carbocycles. The lowest BCUT2D eigenvalue weighted by atomic mass is 10.0. The zero-order chi connectivity index (χ0) is 20.0. The Labute approximate surface area is 168 Å². The smallest absolute Gasteiger partial charge is 0.330 e. The van der Waals surface area contributed by atoms with E-state index in [4.69, 9.17) is 14.5 Å². The summed E-state index contributed by atoms with van der Waals surface area (Å²) in [5.41, 5.74) is 4.58. The van der Waals surface area contributed by atoms with E-state index in [1.165, 1.54) is 5.56 Å². The van der Waals surface area contributed by atoms with E-state index in [2.05, 4.69) is 16.4 Å². The molecule has 29 heavy (non-hydrogen) atoms. The molecule has 2 aliphatic heterocycles. The molecule has 0 radical (unpaired) electrons. The van der Waals surface area contributed by atoms with Crippen LogP contribution in [0.5, 0.6) is 5.75 Å². The minimum atomic E-state index is -0.0520. The third kappa shape index (κ3) is 3.27. The third-order valence-electron chi connectivity index (χ3n) is 5.95. The summed E-state index contributed by atoms with van der Waals surface area (Å²) >= 11 is 0. The number of ether oxygens (including phenoxy) is 2. The second kappa shape index (κ2) is 7.18. The molecule has 1 N–H and O–H groups in total. The van der Waals surface area contributed by atoms with Crippen molar-refractivity contribution < 1.29 is 9.47 Å². The van der Waals surface area contributed by atoms with Crippen molar-refractivity contribution in [1.82, 2.24) is 19.1 Å². The minimum Gasteiger partial charge on any atom is -0.493 e. The highest BCUT2D eigenvalue weighted by atomic mass is 16.5. The monoisotopic (exact) mass is 395 g/mol. The highest BCUT2D eigenvalue weighted by Crippen LogP contribution is 2.32. The summed E-state index contributed by atoms with van der Waals surface area (Å²) in [4.78, 5) is 22.0. The van der Waals surface area contributed by atoms with Crippen LogP contribution in [0.1, 0.15) is 24.0 Å². The number of anilines is 2. The summed E-state index contributed by atoms with van der Waals surface area (Å²) in [5.74, 6) is 1.88. The molecule has 8 heteroatoms. The number of aromatic nitrogens is 4. The number of aryl methyl sites for hydroxylation is 2. The Bertz CT molecular complexity index is 1130. The molecule has 0 atom stereocenters. The molecule has 152 valence electrons. The van der Waals surface area contributed by atoms with E-state index < -0.39 is 0 Å². The van der Waals surface area contributed by atoms with E-state index in [-0.39, 0.29) is 5.69 Å². The first-order chi connectivity index (χ1) is 14.1. The Balaban J connectivity index is 1.49. The summed E-state index contributed by atoms with van der Waals surface area (Å²) < 4.78 is 14.5. The first kappa shape index (κ1) is 18.2. The molecule has 0 saturated carbocycles. The van der Waals surface area contributed by atoms with Gasteiger partial charge in [0.05, 0.1) is 12.8 Å². The predicted molar refractivity (Wildman–Crippen MR) is 110 cm³/mol. The van der Waals surface area contributed by atoms with Gasteiger partial charge in [-0.15, -0.1) is 0 Å². The normalized spacial score (nSPS) is 16.8. The summed E-state index contributed by atoms with van der Waals surface area (Å²) in [6, 6.07) is 4.15. The van der Waals surface area contributed by atoms with Gasteiger partial charge in [0.2, 0.25) is 5.95 Å². The zero-order valence-electron chi connectivity index (χ0n) is 16.8. The Morgan fingerprint density at radius 3 is 2.90 bits per heavy atom. The molecule has 1 fully saturated rings. The van der Waals surface area contributed by atoms with Crippen molar-refractivity contribution in [2.75, 3.05) is 25.1 Å². The number of hydrogen-bond acceptors (Lipinski definition) is 6. The average Bonchev–Trinajstić information content (AvgIpc) is 3.27. The van der Waals surface area contributed by atoms with Gasteiger partial charge in [0, 0.05) is 38.9 Å². The minimum absolute atomic E-state index is 0.0520. The second-order valence-corrected chi connectivity index (χ2v) is 7.91. The van der Waals surface area contributed by atoms with Crippen molar-refractivity contribution >= 4 is 22.8 Å². The van der Waals surface area contributed by atoms with Crippen molar-refractivity contribution in [1.29, 1.82) is 0 Å². The van der Waals surface area contributed by atoms with Crippen LogP contribution in [0, 0.1) is 12.8 Å². The molecule has 4 heterocycles. The van der Waals surface area contributed by atoms with Gasteiger partial charge in [-0.25, -0.2) is 9.78 Å². The molecule has 5 rings (SSSR count). The van der Waals surface area contributed by atoms with Gasteiger partial charge in [0.1, 0.15) is 11.3 Å². The number of hydrogen-bond donors (Lipinski definition) is 1. The summed E-state index contributed by atoms with van der Waals surface area (Å²) in [5, 5.41) is 3.33. The maximum Gasteiger partial charge on any atom is 0.330 e. The molecule has 2 aliphatic rings. The van der Waals surface area contributed by atoms with Crippen molar-refractivity contribution in [2.24, 2.45) is 13.0 Å². The van der Waals surface area contributed by atoms with Gasteiger partial charge in [-0.2, -0.15) is 4.98 Å². The zero-order valence-corrected chi connectivity index (χ0v) is 16.8. The Hall–Kier alpha value is -2.87. The van der Waals surface area contributed by atoms with Crippen molar-refractivity contribution in [2.45, 2.75) is 32.7 Å². The Morgan fingerprint density at radius 2 is 2.07 bits per heavy atom. The summed E-state index contributed by atoms with van der Waals surface area (Å²) in [7, 11) is 1.77. The fourth-order valence-corrected chi connectivity index (χ4v) is 4.17. The summed E-state index contributed by atoms with van der Waals surface area (Å²) in [6.07, 6.45) is 4.57. The van der Waals surface area contributed by atoms with Crippen LogP contribution in [0.25, 0.3) is 11.2 Å². The first-order valence-electron chi connectivity index (χ1n) is 10.1. The molecule has 0 spiro atoms. The van der Waals surface area contributed by atoms with Gasteiger partial charge < -0.3 is 14.8 Å². The number of imidazole rings is 1. The maximum atomic E-state index is 12.8. The van der Waals surface area contributed by atoms with E-state index in [9.17, 15) is 4.79 Å². The lowest BCUT2D eigenvalue weighted by Crippen LogP contribution is -2.28. The van der Waals surface area contributed by atoms with E-state index >= 15 is 0 Å². The van der Waals surface area contributed by atoms with Crippen molar-refractivity contribution in [3.63, 3.8) is 0 Å². The molecule has 0 unspecified atom stereocenters. The standard InChI is InChI=1S/C21H25N5O3/c1-13-9-18-15(5-8-29-18)10-16(13)23-20-22-11-17-19(24-20)26(21(27)25(17)2)12-14-3-6-28-7-4-14/h9-11,14H,3-8,12H2,1-2H3,(H,22,23,24). The maximum absolute atomic E-state index is 12.8. The first-order valence-corrected chi connectivity index (χ1v) is 10.1. The van der Waals surface area contributed by atoms with Crippen LogP contribution in [0.15, 0.2) is 23.1 Å². The fourth-order valence-electron chi connectivity index (χ4n) is 4.17. The van der Waals surface area contributed by atoms with E-state index in [0.717, 1.165) is 61.6 Å². The molecule has 8 nitrogen and oxygen atoms in total. The number of benzene rings is 1. The number of nitrogens with one attached hydrogen (secondary N) is 1. The highest BCUT2D eigenvalue weighted by Gasteiger charge is 2.20. The Kier molecular flexibility index (Phi) is 4.50. The molecule has 0 aliphatic carbocycles. The highest BCUT2D eigenvalue weighted by molar-refractivity contribution is 5.73. The molecule has 1 saturated heterocycles. The van der Waals surface area contributed by atoms with Crippen LogP contribution >= 0.6 is 0 Å². The molecular formula is C21H25N5O3. The van der Waals surface area contributed by atoms with Gasteiger partial charge >= 0.3 is 5.69 Å². The lowest BCUT2D eigenvalue weighted by Gasteiger charge is -2.22. The predicted octanol–water partition coefficient (Wildman–Crippen LogP) is 2.54. The fraction of sp³-hybridized carbons (Fsp3) is 0.476. The largest absolute Gasteiger partial charge is 0.493 e. The van der Waals surface area contributed by atoms with E-state index in [0.29, 0.717) is 24.1 Å². The van der Waals surface area contributed by atoms with Gasteiger partial charge in [0.25, 0.3) is 0 Å². The molecule has 3 aromatic rings. The molecule has 2 aromatic heterocycles.